The third kappa shape index (κ3) is 4.82. The average Bonchev–Trinajstić information content (AvgIpc) is 3.47. The molecule has 4 heterocycles. The van der Waals surface area contributed by atoms with Crippen LogP contribution in [0.3, 0.4) is 0 Å². The number of nitrogens with one attached hydrogen (secondary N) is 1. The Hall–Kier alpha value is -3.09. The number of ether oxygens (including phenoxy) is 1. The van der Waals surface area contributed by atoms with Crippen molar-refractivity contribution < 1.29 is 29.6 Å². The van der Waals surface area contributed by atoms with Crippen LogP contribution >= 0.6 is 0 Å². The highest BCUT2D eigenvalue weighted by atomic mass is 16.5. The van der Waals surface area contributed by atoms with Crippen LogP contribution < -0.4 is 5.56 Å². The van der Waals surface area contributed by atoms with Crippen molar-refractivity contribution in [2.24, 2.45) is 0 Å². The quantitative estimate of drug-likeness (QED) is 0.297. The Kier molecular flexibility index (Phi) is 6.86. The van der Waals surface area contributed by atoms with Gasteiger partial charge in [0.25, 0.3) is 5.56 Å². The van der Waals surface area contributed by atoms with Crippen LogP contribution in [0.15, 0.2) is 17.3 Å². The molecule has 12 nitrogen and oxygen atoms in total. The van der Waals surface area contributed by atoms with Crippen molar-refractivity contribution >= 4 is 28.7 Å². The third-order valence-corrected chi connectivity index (χ3v) is 5.93. The van der Waals surface area contributed by atoms with Gasteiger partial charge in [-0.05, 0) is 12.8 Å². The molecule has 0 amide bonds. The highest BCUT2D eigenvalue weighted by molar-refractivity contribution is 5.81. The summed E-state index contributed by atoms with van der Waals surface area (Å²) in [5.74, 6) is -0.572. The lowest BCUT2D eigenvalue weighted by molar-refractivity contribution is -0.137. The van der Waals surface area contributed by atoms with E-state index in [0.717, 1.165) is 12.8 Å². The van der Waals surface area contributed by atoms with Crippen LogP contribution in [0.1, 0.15) is 56.9 Å². The van der Waals surface area contributed by atoms with Gasteiger partial charge in [0.1, 0.15) is 23.8 Å². The number of imidazole rings is 2. The summed E-state index contributed by atoms with van der Waals surface area (Å²) in [6.07, 6.45) is 4.40. The zero-order chi connectivity index (χ0) is 23.5. The first kappa shape index (κ1) is 23.1. The van der Waals surface area contributed by atoms with Gasteiger partial charge in [-0.15, -0.1) is 0 Å². The number of unbranched alkanes of at least 4 members (excludes halogenated alkanes) is 3. The number of carbonyl (C=O) groups is 2. The summed E-state index contributed by atoms with van der Waals surface area (Å²) in [5.41, 5.74) is 0.585. The molecule has 4 rings (SSSR count). The van der Waals surface area contributed by atoms with Crippen LogP contribution in [0.25, 0.3) is 16.9 Å². The SMILES string of the molecule is O=C(O)CCCCCCC(=O)Cc1cnc2[nH]c3c(ncn3[C@H]3C[C@H](O)[C@@H](CO)O3)c(=O)n12. The standard InChI is InChI=1S/C21H27N5O7/c27-10-15-14(29)8-16(33-15)25-11-23-18-19(25)24-21-22-9-12(26(21)20(18)32)7-13(28)5-3-1-2-4-6-17(30)31/h9,11,14-16,27,29H,1-8,10H2,(H,22,24)(H,30,31)/t14-,15+,16+/m0/s1. The zero-order valence-corrected chi connectivity index (χ0v) is 18.0. The van der Waals surface area contributed by atoms with Crippen LogP contribution in [0.5, 0.6) is 0 Å². The van der Waals surface area contributed by atoms with Gasteiger partial charge < -0.3 is 25.0 Å². The number of carboxylic acid groups (broad SMARTS) is 1. The van der Waals surface area contributed by atoms with E-state index < -0.39 is 30.0 Å². The number of carbonyl (C=O) groups excluding carboxylic acids is 1. The van der Waals surface area contributed by atoms with E-state index in [1.54, 1.807) is 4.57 Å². The molecule has 0 spiro atoms. The monoisotopic (exact) mass is 461 g/mol. The van der Waals surface area contributed by atoms with Crippen molar-refractivity contribution in [2.75, 3.05) is 6.61 Å². The smallest absolute Gasteiger partial charge is 0.303 e. The second-order valence-electron chi connectivity index (χ2n) is 8.33. The second-order valence-corrected chi connectivity index (χ2v) is 8.33. The molecule has 1 fully saturated rings. The van der Waals surface area contributed by atoms with Gasteiger partial charge in [-0.25, -0.2) is 14.4 Å². The number of nitrogens with zero attached hydrogens (tertiary/aromatic N) is 4. The van der Waals surface area contributed by atoms with Crippen molar-refractivity contribution in [2.45, 2.75) is 69.8 Å². The number of aliphatic carboxylic acids is 1. The Morgan fingerprint density at radius 1 is 1.18 bits per heavy atom. The van der Waals surface area contributed by atoms with Gasteiger partial charge in [0, 0.05) is 25.7 Å². The molecule has 3 atom stereocenters. The molecule has 1 saturated heterocycles. The Bertz CT molecular complexity index is 1210. The van der Waals surface area contributed by atoms with E-state index in [0.29, 0.717) is 30.6 Å². The molecule has 0 saturated carbocycles. The van der Waals surface area contributed by atoms with Crippen LogP contribution in [-0.4, -0.2) is 69.8 Å². The van der Waals surface area contributed by atoms with Crippen molar-refractivity contribution in [3.05, 3.63) is 28.6 Å². The van der Waals surface area contributed by atoms with E-state index in [-0.39, 0.29) is 42.9 Å². The van der Waals surface area contributed by atoms with Gasteiger partial charge in [-0.3, -0.25) is 19.0 Å². The van der Waals surface area contributed by atoms with Gasteiger partial charge in [0.05, 0.1) is 30.9 Å². The summed E-state index contributed by atoms with van der Waals surface area (Å²) in [4.78, 5) is 47.5. The van der Waals surface area contributed by atoms with Gasteiger partial charge in [0.15, 0.2) is 5.52 Å². The molecule has 0 radical (unpaired) electrons. The molecule has 0 bridgehead atoms. The first-order valence-corrected chi connectivity index (χ1v) is 11.0. The third-order valence-electron chi connectivity index (χ3n) is 5.93. The number of aromatic nitrogens is 5. The van der Waals surface area contributed by atoms with Crippen molar-refractivity contribution in [3.8, 4) is 0 Å². The van der Waals surface area contributed by atoms with Crippen molar-refractivity contribution in [1.29, 1.82) is 0 Å². The first-order valence-electron chi connectivity index (χ1n) is 11.0. The molecule has 3 aromatic rings. The molecule has 1 aliphatic rings. The summed E-state index contributed by atoms with van der Waals surface area (Å²) in [5, 5.41) is 28.0. The molecule has 1 aliphatic heterocycles. The van der Waals surface area contributed by atoms with Gasteiger partial charge in [-0.1, -0.05) is 12.8 Å². The number of aliphatic hydroxyl groups excluding tert-OH is 2. The Morgan fingerprint density at radius 2 is 1.94 bits per heavy atom. The highest BCUT2D eigenvalue weighted by Crippen LogP contribution is 2.30. The number of hydrogen-bond donors (Lipinski definition) is 4. The summed E-state index contributed by atoms with van der Waals surface area (Å²) in [7, 11) is 0. The minimum absolute atomic E-state index is 0.0246. The van der Waals surface area contributed by atoms with Crippen LogP contribution in [0.4, 0.5) is 0 Å². The molecule has 33 heavy (non-hydrogen) atoms. The second kappa shape index (κ2) is 9.81. The maximum absolute atomic E-state index is 13.1. The zero-order valence-electron chi connectivity index (χ0n) is 18.0. The number of aromatic amines is 1. The molecular formula is C21H27N5O7. The lowest BCUT2D eigenvalue weighted by Crippen LogP contribution is -2.24. The predicted molar refractivity (Wildman–Crippen MR) is 115 cm³/mol. The fraction of sp³-hybridized carbons (Fsp3) is 0.571. The normalized spacial score (nSPS) is 20.7. The average molecular weight is 461 g/mol. The van der Waals surface area contributed by atoms with Crippen LogP contribution in [0.2, 0.25) is 0 Å². The van der Waals surface area contributed by atoms with E-state index in [2.05, 4.69) is 15.0 Å². The summed E-state index contributed by atoms with van der Waals surface area (Å²) < 4.78 is 8.59. The number of carboxylic acids is 1. The maximum atomic E-state index is 13.1. The van der Waals surface area contributed by atoms with Gasteiger partial charge >= 0.3 is 5.97 Å². The fourth-order valence-corrected chi connectivity index (χ4v) is 4.19. The molecule has 0 unspecified atom stereocenters. The van der Waals surface area contributed by atoms with E-state index in [4.69, 9.17) is 9.84 Å². The summed E-state index contributed by atoms with van der Waals surface area (Å²) in [6.45, 7) is -0.314. The molecule has 178 valence electrons. The van der Waals surface area contributed by atoms with Crippen LogP contribution in [-0.2, 0) is 20.7 Å². The van der Waals surface area contributed by atoms with Crippen LogP contribution in [0, 0.1) is 0 Å². The minimum Gasteiger partial charge on any atom is -0.481 e. The largest absolute Gasteiger partial charge is 0.481 e. The predicted octanol–water partition coefficient (Wildman–Crippen LogP) is 0.550. The Morgan fingerprint density at radius 3 is 2.64 bits per heavy atom. The highest BCUT2D eigenvalue weighted by Gasteiger charge is 2.35. The molecule has 0 aromatic carbocycles. The first-order chi connectivity index (χ1) is 15.9. The van der Waals surface area contributed by atoms with Gasteiger partial charge in [0.2, 0.25) is 5.78 Å². The fourth-order valence-electron chi connectivity index (χ4n) is 4.19. The van der Waals surface area contributed by atoms with E-state index >= 15 is 0 Å². The number of fused-ring (bicyclic) bond motifs is 2. The lowest BCUT2D eigenvalue weighted by atomic mass is 10.1. The summed E-state index contributed by atoms with van der Waals surface area (Å²) in [6, 6.07) is 0. The number of ketones is 1. The number of hydrogen-bond acceptors (Lipinski definition) is 8. The minimum atomic E-state index is -0.825. The van der Waals surface area contributed by atoms with Crippen molar-refractivity contribution in [3.63, 3.8) is 0 Å². The van der Waals surface area contributed by atoms with E-state index in [1.165, 1.54) is 16.9 Å². The molecule has 4 N–H and O–H groups in total. The van der Waals surface area contributed by atoms with Gasteiger partial charge in [-0.2, -0.15) is 0 Å². The summed E-state index contributed by atoms with van der Waals surface area (Å²) >= 11 is 0. The number of H-pyrrole nitrogens is 1. The van der Waals surface area contributed by atoms with E-state index in [1.807, 2.05) is 0 Å². The molecule has 0 aliphatic carbocycles. The van der Waals surface area contributed by atoms with Crippen molar-refractivity contribution in [1.82, 2.24) is 23.9 Å². The molecule has 12 heteroatoms. The molecule has 3 aromatic heterocycles. The number of rotatable bonds is 11. The number of aliphatic hydroxyl groups is 2. The Labute approximate surface area is 187 Å². The Balaban J connectivity index is 1.47. The van der Waals surface area contributed by atoms with E-state index in [9.17, 15) is 24.6 Å². The lowest BCUT2D eigenvalue weighted by Gasteiger charge is -2.13. The molecular weight excluding hydrogens is 434 g/mol. The number of Topliss-reactive ketones (excluding diaryl/α,β-unsaturated/α-hetero) is 1. The topological polar surface area (TPSA) is 172 Å². The maximum Gasteiger partial charge on any atom is 0.303 e.